The fourth-order valence-corrected chi connectivity index (χ4v) is 5.31. The molecule has 0 amide bonds. The third-order valence-corrected chi connectivity index (χ3v) is 6.67. The number of aromatic nitrogens is 2. The fraction of sp³-hybridized carbons (Fsp3) is 0.0909. The van der Waals surface area contributed by atoms with E-state index in [0.717, 1.165) is 37.2 Å². The first-order chi connectivity index (χ1) is 13.5. The summed E-state index contributed by atoms with van der Waals surface area (Å²) < 4.78 is 4.15. The number of thiazole rings is 1. The largest absolute Gasteiger partial charge is 0.318 e. The van der Waals surface area contributed by atoms with Crippen LogP contribution >= 0.6 is 34.7 Å². The molecular weight excluding hydrogens is 406 g/mol. The van der Waals surface area contributed by atoms with Crippen LogP contribution in [-0.4, -0.2) is 9.55 Å². The summed E-state index contributed by atoms with van der Waals surface area (Å²) in [7, 11) is 0. The molecule has 0 aliphatic heterocycles. The van der Waals surface area contributed by atoms with Crippen molar-refractivity contribution in [1.82, 2.24) is 9.55 Å². The van der Waals surface area contributed by atoms with E-state index < -0.39 is 0 Å². The molecule has 0 aliphatic carbocycles. The first kappa shape index (κ1) is 18.8. The van der Waals surface area contributed by atoms with E-state index >= 15 is 0 Å². The minimum Gasteiger partial charge on any atom is -0.318 e. The Morgan fingerprint density at radius 2 is 2.00 bits per heavy atom. The summed E-state index contributed by atoms with van der Waals surface area (Å²) in [4.78, 5) is 5.23. The predicted octanol–water partition coefficient (Wildman–Crippen LogP) is 7.01. The Morgan fingerprint density at radius 1 is 1.18 bits per heavy atom. The highest BCUT2D eigenvalue weighted by molar-refractivity contribution is 8.05. The highest BCUT2D eigenvalue weighted by atomic mass is 35.5. The van der Waals surface area contributed by atoms with Crippen molar-refractivity contribution in [2.75, 3.05) is 0 Å². The lowest BCUT2D eigenvalue weighted by Gasteiger charge is -2.10. The molecule has 0 N–H and O–H groups in total. The molecule has 0 atom stereocenters. The molecule has 3 nitrogen and oxygen atoms in total. The molecule has 2 aromatic carbocycles. The quantitative estimate of drug-likeness (QED) is 0.262. The van der Waals surface area contributed by atoms with E-state index in [4.69, 9.17) is 11.6 Å². The summed E-state index contributed by atoms with van der Waals surface area (Å²) in [6.45, 7) is 4.11. The van der Waals surface area contributed by atoms with Gasteiger partial charge in [0.05, 0.1) is 15.1 Å². The maximum Gasteiger partial charge on any atom is 0.156 e. The van der Waals surface area contributed by atoms with Gasteiger partial charge in [-0.2, -0.15) is 5.26 Å². The van der Waals surface area contributed by atoms with Gasteiger partial charge in [0.2, 0.25) is 0 Å². The molecule has 0 radical (unpaired) electrons. The average molecular weight is 422 g/mol. The Kier molecular flexibility index (Phi) is 5.27. The first-order valence-corrected chi connectivity index (χ1v) is 10.7. The van der Waals surface area contributed by atoms with E-state index in [-0.39, 0.29) is 0 Å². The summed E-state index contributed by atoms with van der Waals surface area (Å²) >= 11 is 9.17. The smallest absolute Gasteiger partial charge is 0.156 e. The number of allylic oxidation sites excluding steroid dienone is 1. The van der Waals surface area contributed by atoms with Gasteiger partial charge in [-0.25, -0.2) is 4.98 Å². The molecule has 4 aromatic rings. The molecule has 2 aromatic heterocycles. The van der Waals surface area contributed by atoms with Crippen LogP contribution in [0.2, 0.25) is 5.02 Å². The van der Waals surface area contributed by atoms with Crippen molar-refractivity contribution in [3.63, 3.8) is 0 Å². The van der Waals surface area contributed by atoms with Gasteiger partial charge in [0.15, 0.2) is 4.34 Å². The minimum atomic E-state index is 0.616. The average Bonchev–Trinajstić information content (AvgIpc) is 3.21. The molecule has 0 unspecified atom stereocenters. The number of fused-ring (bicyclic) bond motifs is 1. The van der Waals surface area contributed by atoms with E-state index in [1.807, 2.05) is 54.6 Å². The predicted molar refractivity (Wildman–Crippen MR) is 119 cm³/mol. The van der Waals surface area contributed by atoms with Crippen LogP contribution in [0.5, 0.6) is 0 Å². The molecule has 4 rings (SSSR count). The monoisotopic (exact) mass is 421 g/mol. The number of rotatable bonds is 4. The van der Waals surface area contributed by atoms with Gasteiger partial charge in [-0.15, -0.1) is 11.3 Å². The Bertz CT molecular complexity index is 1210. The maximum absolute atomic E-state index is 9.66. The van der Waals surface area contributed by atoms with Gasteiger partial charge < -0.3 is 4.57 Å². The van der Waals surface area contributed by atoms with Gasteiger partial charge in [-0.05, 0) is 73.6 Å². The van der Waals surface area contributed by atoms with Crippen LogP contribution in [0.1, 0.15) is 17.0 Å². The first-order valence-electron chi connectivity index (χ1n) is 8.65. The maximum atomic E-state index is 9.66. The van der Waals surface area contributed by atoms with Crippen LogP contribution in [-0.2, 0) is 0 Å². The van der Waals surface area contributed by atoms with E-state index in [1.165, 1.54) is 11.8 Å². The third-order valence-electron chi connectivity index (χ3n) is 4.40. The number of hydrogen-bond acceptors (Lipinski definition) is 4. The molecule has 6 heteroatoms. The van der Waals surface area contributed by atoms with E-state index in [9.17, 15) is 5.26 Å². The molecule has 0 spiro atoms. The fourth-order valence-electron chi connectivity index (χ4n) is 3.16. The van der Waals surface area contributed by atoms with E-state index in [0.29, 0.717) is 9.93 Å². The normalized spacial score (nSPS) is 11.7. The lowest BCUT2D eigenvalue weighted by molar-refractivity contribution is 0.964. The van der Waals surface area contributed by atoms with Crippen molar-refractivity contribution >= 4 is 51.0 Å². The van der Waals surface area contributed by atoms with Crippen molar-refractivity contribution in [2.24, 2.45) is 0 Å². The van der Waals surface area contributed by atoms with Crippen LogP contribution in [0, 0.1) is 25.2 Å². The van der Waals surface area contributed by atoms with Gasteiger partial charge in [0, 0.05) is 22.1 Å². The van der Waals surface area contributed by atoms with Gasteiger partial charge in [0.25, 0.3) is 0 Å². The SMILES string of the molecule is Cc1cc(/C=C(\C#N)Sc2nc3ccccc3s2)c(C)n1-c1cccc(Cl)c1. The summed E-state index contributed by atoms with van der Waals surface area (Å²) in [5.41, 5.74) is 5.15. The van der Waals surface area contributed by atoms with E-state index in [1.54, 1.807) is 11.3 Å². The molecule has 2 heterocycles. The van der Waals surface area contributed by atoms with Gasteiger partial charge in [0.1, 0.15) is 6.07 Å². The molecule has 0 bridgehead atoms. The second kappa shape index (κ2) is 7.84. The van der Waals surface area contributed by atoms with Gasteiger partial charge in [-0.1, -0.05) is 29.8 Å². The minimum absolute atomic E-state index is 0.616. The Morgan fingerprint density at radius 3 is 2.75 bits per heavy atom. The number of nitrogens with zero attached hydrogens (tertiary/aromatic N) is 3. The van der Waals surface area contributed by atoms with Gasteiger partial charge >= 0.3 is 0 Å². The van der Waals surface area contributed by atoms with Crippen molar-refractivity contribution in [3.8, 4) is 11.8 Å². The Hall–Kier alpha value is -2.52. The number of hydrogen-bond donors (Lipinski definition) is 0. The van der Waals surface area contributed by atoms with Crippen molar-refractivity contribution in [1.29, 1.82) is 5.26 Å². The molecule has 0 saturated carbocycles. The second-order valence-corrected chi connectivity index (χ2v) is 9.07. The number of nitriles is 1. The zero-order chi connectivity index (χ0) is 19.7. The zero-order valence-electron chi connectivity index (χ0n) is 15.3. The molecule has 0 fully saturated rings. The summed E-state index contributed by atoms with van der Waals surface area (Å²) in [6, 6.07) is 20.2. The lowest BCUT2D eigenvalue weighted by atomic mass is 10.2. The number of halogens is 1. The number of para-hydroxylation sites is 1. The molecular formula is C22H16ClN3S2. The van der Waals surface area contributed by atoms with Crippen LogP contribution < -0.4 is 0 Å². The van der Waals surface area contributed by atoms with Crippen LogP contribution in [0.4, 0.5) is 0 Å². The molecule has 28 heavy (non-hydrogen) atoms. The summed E-state index contributed by atoms with van der Waals surface area (Å²) in [5.74, 6) is 0. The molecule has 0 aliphatic rings. The second-order valence-electron chi connectivity index (χ2n) is 6.31. The van der Waals surface area contributed by atoms with Gasteiger partial charge in [-0.3, -0.25) is 0 Å². The topological polar surface area (TPSA) is 41.6 Å². The molecule has 0 saturated heterocycles. The van der Waals surface area contributed by atoms with Crippen molar-refractivity contribution < 1.29 is 0 Å². The highest BCUT2D eigenvalue weighted by Crippen LogP contribution is 2.35. The number of thioether (sulfide) groups is 1. The number of benzene rings is 2. The zero-order valence-corrected chi connectivity index (χ0v) is 17.7. The van der Waals surface area contributed by atoms with Crippen LogP contribution in [0.15, 0.2) is 63.8 Å². The lowest BCUT2D eigenvalue weighted by Crippen LogP contribution is -1.98. The summed E-state index contributed by atoms with van der Waals surface area (Å²) in [5, 5.41) is 10.4. The highest BCUT2D eigenvalue weighted by Gasteiger charge is 2.12. The van der Waals surface area contributed by atoms with Crippen molar-refractivity contribution in [3.05, 3.63) is 81.5 Å². The Labute approximate surface area is 176 Å². The molecule has 138 valence electrons. The summed E-state index contributed by atoms with van der Waals surface area (Å²) in [6.07, 6.45) is 1.93. The Balaban J connectivity index is 1.69. The van der Waals surface area contributed by atoms with Crippen LogP contribution in [0.3, 0.4) is 0 Å². The van der Waals surface area contributed by atoms with Crippen LogP contribution in [0.25, 0.3) is 22.0 Å². The standard InChI is InChI=1S/C22H16ClN3S2/c1-14-10-16(15(2)26(14)18-7-5-6-17(23)12-18)11-19(13-24)27-22-25-20-8-3-4-9-21(20)28-22/h3-12H,1-2H3/b19-11+. The van der Waals surface area contributed by atoms with E-state index in [2.05, 4.69) is 35.5 Å². The third kappa shape index (κ3) is 3.72. The van der Waals surface area contributed by atoms with Crippen molar-refractivity contribution in [2.45, 2.75) is 18.2 Å². The number of aryl methyl sites for hydroxylation is 1.